The van der Waals surface area contributed by atoms with E-state index in [-0.39, 0.29) is 18.7 Å². The molecule has 1 saturated carbocycles. The molecule has 1 unspecified atom stereocenters. The number of hydrogen-bond donors (Lipinski definition) is 1. The maximum atomic E-state index is 11.9. The summed E-state index contributed by atoms with van der Waals surface area (Å²) in [7, 11) is 0. The Morgan fingerprint density at radius 2 is 1.88 bits per heavy atom. The smallest absolute Gasteiger partial charge is 0.410 e. The molecule has 0 aromatic rings. The average Bonchev–Trinajstić information content (AvgIpc) is 2.58. The molecule has 2 fully saturated rings. The second-order valence-electron chi connectivity index (χ2n) is 5.12. The summed E-state index contributed by atoms with van der Waals surface area (Å²) >= 11 is 0. The molecule has 1 amide bonds. The molecular formula is C13H23NO3. The van der Waals surface area contributed by atoms with Crippen molar-refractivity contribution in [3.05, 3.63) is 0 Å². The van der Waals surface area contributed by atoms with E-state index < -0.39 is 0 Å². The van der Waals surface area contributed by atoms with Crippen molar-refractivity contribution in [2.75, 3.05) is 13.2 Å². The Kier molecular flexibility index (Phi) is 4.66. The number of ether oxygens (including phenoxy) is 1. The van der Waals surface area contributed by atoms with E-state index in [1.165, 1.54) is 25.7 Å². The number of hydrogen-bond acceptors (Lipinski definition) is 3. The van der Waals surface area contributed by atoms with Crippen molar-refractivity contribution >= 4 is 6.09 Å². The minimum atomic E-state index is -0.165. The zero-order valence-corrected chi connectivity index (χ0v) is 10.4. The number of aliphatic hydroxyl groups is 1. The molecule has 1 N–H and O–H groups in total. The third kappa shape index (κ3) is 3.12. The minimum absolute atomic E-state index is 0.154. The van der Waals surface area contributed by atoms with Crippen molar-refractivity contribution in [2.24, 2.45) is 0 Å². The highest BCUT2D eigenvalue weighted by Crippen LogP contribution is 2.28. The van der Waals surface area contributed by atoms with Crippen LogP contribution in [0.2, 0.25) is 0 Å². The number of carbonyl (C=O) groups excluding carboxylic acids is 1. The van der Waals surface area contributed by atoms with Gasteiger partial charge in [-0.2, -0.15) is 0 Å². The van der Waals surface area contributed by atoms with E-state index in [0.717, 1.165) is 19.3 Å². The third-order valence-corrected chi connectivity index (χ3v) is 3.96. The molecule has 0 spiro atoms. The van der Waals surface area contributed by atoms with Gasteiger partial charge in [0.2, 0.25) is 0 Å². The van der Waals surface area contributed by atoms with Crippen molar-refractivity contribution in [2.45, 2.75) is 63.5 Å². The Morgan fingerprint density at radius 3 is 2.53 bits per heavy atom. The van der Waals surface area contributed by atoms with Crippen LogP contribution in [-0.4, -0.2) is 41.4 Å². The Labute approximate surface area is 103 Å². The van der Waals surface area contributed by atoms with Gasteiger partial charge in [0.05, 0.1) is 6.61 Å². The topological polar surface area (TPSA) is 49.8 Å². The van der Waals surface area contributed by atoms with Gasteiger partial charge in [-0.25, -0.2) is 4.79 Å². The van der Waals surface area contributed by atoms with Gasteiger partial charge < -0.3 is 14.7 Å². The molecule has 4 heteroatoms. The molecule has 1 atom stereocenters. The van der Waals surface area contributed by atoms with E-state index in [1.807, 2.05) is 4.90 Å². The quantitative estimate of drug-likeness (QED) is 0.771. The lowest BCUT2D eigenvalue weighted by atomic mass is 10.0. The highest BCUT2D eigenvalue weighted by atomic mass is 16.6. The summed E-state index contributed by atoms with van der Waals surface area (Å²) in [6, 6.07) is 0.520. The Hall–Kier alpha value is -0.770. The fraction of sp³-hybridized carbons (Fsp3) is 0.923. The Balaban J connectivity index is 2.03. The monoisotopic (exact) mass is 241 g/mol. The summed E-state index contributed by atoms with van der Waals surface area (Å²) in [6.07, 6.45) is 8.55. The van der Waals surface area contributed by atoms with E-state index in [2.05, 4.69) is 0 Å². The van der Waals surface area contributed by atoms with Gasteiger partial charge in [0.1, 0.15) is 0 Å². The highest BCUT2D eigenvalue weighted by Gasteiger charge is 2.34. The molecule has 2 rings (SSSR count). The van der Waals surface area contributed by atoms with Gasteiger partial charge in [-0.1, -0.05) is 25.7 Å². The maximum absolute atomic E-state index is 11.9. The largest absolute Gasteiger partial charge is 0.449 e. The van der Waals surface area contributed by atoms with E-state index in [9.17, 15) is 4.79 Å². The van der Waals surface area contributed by atoms with Crippen molar-refractivity contribution < 1.29 is 14.6 Å². The summed E-state index contributed by atoms with van der Waals surface area (Å²) in [5.74, 6) is 0. The average molecular weight is 241 g/mol. The number of rotatable bonds is 3. The fourth-order valence-electron chi connectivity index (χ4n) is 3.06. The van der Waals surface area contributed by atoms with Crippen LogP contribution in [0.5, 0.6) is 0 Å². The maximum Gasteiger partial charge on any atom is 0.410 e. The minimum Gasteiger partial charge on any atom is -0.449 e. The molecule has 2 aliphatic rings. The van der Waals surface area contributed by atoms with Crippen LogP contribution < -0.4 is 0 Å². The second kappa shape index (κ2) is 6.24. The van der Waals surface area contributed by atoms with Crippen molar-refractivity contribution in [3.8, 4) is 0 Å². The molecule has 17 heavy (non-hydrogen) atoms. The van der Waals surface area contributed by atoms with Gasteiger partial charge in [0.25, 0.3) is 0 Å². The lowest BCUT2D eigenvalue weighted by Crippen LogP contribution is -2.51. The third-order valence-electron chi connectivity index (χ3n) is 3.96. The highest BCUT2D eigenvalue weighted by molar-refractivity contribution is 5.69. The predicted octanol–water partition coefficient (Wildman–Crippen LogP) is 2.30. The number of nitrogens with zero attached hydrogens (tertiary/aromatic N) is 1. The molecule has 1 heterocycles. The van der Waals surface area contributed by atoms with E-state index >= 15 is 0 Å². The van der Waals surface area contributed by atoms with Gasteiger partial charge in [-0.3, -0.25) is 0 Å². The van der Waals surface area contributed by atoms with Crippen LogP contribution in [0, 0.1) is 0 Å². The molecule has 0 bridgehead atoms. The van der Waals surface area contributed by atoms with Gasteiger partial charge in [-0.15, -0.1) is 0 Å². The molecular weight excluding hydrogens is 218 g/mol. The summed E-state index contributed by atoms with van der Waals surface area (Å²) in [6.45, 7) is 0.661. The van der Waals surface area contributed by atoms with Crippen molar-refractivity contribution in [3.63, 3.8) is 0 Å². The van der Waals surface area contributed by atoms with E-state index in [0.29, 0.717) is 19.1 Å². The lowest BCUT2D eigenvalue weighted by molar-refractivity contribution is 0.0135. The van der Waals surface area contributed by atoms with E-state index in [4.69, 9.17) is 9.84 Å². The number of cyclic esters (lactones) is 1. The fourth-order valence-corrected chi connectivity index (χ4v) is 3.06. The first-order valence-corrected chi connectivity index (χ1v) is 6.89. The Bertz CT molecular complexity index is 247. The van der Waals surface area contributed by atoms with Crippen LogP contribution >= 0.6 is 0 Å². The SMILES string of the molecule is O=C1OCCC(CCO)N1C1CCCCCC1. The molecule has 0 aromatic carbocycles. The van der Waals surface area contributed by atoms with Crippen LogP contribution in [0.3, 0.4) is 0 Å². The predicted molar refractivity (Wildman–Crippen MR) is 64.8 cm³/mol. The summed E-state index contributed by atoms with van der Waals surface area (Å²) in [4.78, 5) is 13.8. The van der Waals surface area contributed by atoms with Crippen molar-refractivity contribution in [1.82, 2.24) is 4.90 Å². The van der Waals surface area contributed by atoms with Crippen LogP contribution in [-0.2, 0) is 4.74 Å². The zero-order chi connectivity index (χ0) is 12.1. The van der Waals surface area contributed by atoms with Crippen LogP contribution in [0.15, 0.2) is 0 Å². The molecule has 1 saturated heterocycles. The molecule has 4 nitrogen and oxygen atoms in total. The molecule has 0 radical (unpaired) electrons. The number of aliphatic hydroxyl groups excluding tert-OH is 1. The van der Waals surface area contributed by atoms with Gasteiger partial charge >= 0.3 is 6.09 Å². The first-order chi connectivity index (χ1) is 8.33. The van der Waals surface area contributed by atoms with Gasteiger partial charge in [-0.05, 0) is 19.3 Å². The molecule has 98 valence electrons. The summed E-state index contributed by atoms with van der Waals surface area (Å²) in [5, 5.41) is 9.10. The summed E-state index contributed by atoms with van der Waals surface area (Å²) in [5.41, 5.74) is 0. The number of amides is 1. The normalized spacial score (nSPS) is 27.7. The van der Waals surface area contributed by atoms with E-state index in [1.54, 1.807) is 0 Å². The van der Waals surface area contributed by atoms with Crippen LogP contribution in [0.1, 0.15) is 51.4 Å². The Morgan fingerprint density at radius 1 is 1.18 bits per heavy atom. The lowest BCUT2D eigenvalue weighted by Gasteiger charge is -2.40. The zero-order valence-electron chi connectivity index (χ0n) is 10.4. The van der Waals surface area contributed by atoms with Gasteiger partial charge in [0, 0.05) is 25.1 Å². The molecule has 0 aromatic heterocycles. The first-order valence-electron chi connectivity index (χ1n) is 6.89. The number of carbonyl (C=O) groups is 1. The standard InChI is InChI=1S/C13H23NO3/c15-9-7-12-8-10-17-13(16)14(12)11-5-3-1-2-4-6-11/h11-12,15H,1-10H2. The molecule has 1 aliphatic carbocycles. The summed E-state index contributed by atoms with van der Waals surface area (Å²) < 4.78 is 5.17. The molecule has 1 aliphatic heterocycles. The van der Waals surface area contributed by atoms with Crippen LogP contribution in [0.25, 0.3) is 0 Å². The van der Waals surface area contributed by atoms with Crippen LogP contribution in [0.4, 0.5) is 4.79 Å². The second-order valence-corrected chi connectivity index (χ2v) is 5.12. The van der Waals surface area contributed by atoms with Crippen molar-refractivity contribution in [1.29, 1.82) is 0 Å². The van der Waals surface area contributed by atoms with Gasteiger partial charge in [0.15, 0.2) is 0 Å². The first kappa shape index (κ1) is 12.7.